The van der Waals surface area contributed by atoms with Crippen LogP contribution >= 0.6 is 0 Å². The van der Waals surface area contributed by atoms with Crippen LogP contribution in [0.1, 0.15) is 29.8 Å². The third-order valence-electron chi connectivity index (χ3n) is 4.08. The van der Waals surface area contributed by atoms with Gasteiger partial charge >= 0.3 is 11.7 Å². The number of carbonyl (C=O) groups excluding carboxylic acids is 1. The lowest BCUT2D eigenvalue weighted by atomic mass is 9.89. The topological polar surface area (TPSA) is 123 Å². The summed E-state index contributed by atoms with van der Waals surface area (Å²) in [5.41, 5.74) is -1.50. The van der Waals surface area contributed by atoms with Gasteiger partial charge in [-0.15, -0.1) is 0 Å². The van der Waals surface area contributed by atoms with Gasteiger partial charge in [0.1, 0.15) is 5.69 Å². The molecule has 2 fully saturated rings. The Bertz CT molecular complexity index is 663. The summed E-state index contributed by atoms with van der Waals surface area (Å²) in [6.07, 6.45) is 1.83. The Hall–Kier alpha value is -2.38. The Morgan fingerprint density at radius 3 is 2.60 bits per heavy atom. The molecule has 2 aliphatic heterocycles. The van der Waals surface area contributed by atoms with Crippen LogP contribution in [-0.2, 0) is 4.79 Å². The number of amides is 1. The van der Waals surface area contributed by atoms with E-state index in [2.05, 4.69) is 4.98 Å². The number of fused-ring (bicyclic) bond motifs is 2. The van der Waals surface area contributed by atoms with Crippen molar-refractivity contribution in [2.24, 2.45) is 5.92 Å². The van der Waals surface area contributed by atoms with Crippen molar-refractivity contribution in [3.63, 3.8) is 0 Å². The van der Waals surface area contributed by atoms with E-state index in [-0.39, 0.29) is 17.8 Å². The van der Waals surface area contributed by atoms with Gasteiger partial charge in [0.15, 0.2) is 0 Å². The molecule has 3 unspecified atom stereocenters. The highest BCUT2D eigenvalue weighted by molar-refractivity contribution is 5.93. The van der Waals surface area contributed by atoms with E-state index in [9.17, 15) is 19.2 Å². The highest BCUT2D eigenvalue weighted by atomic mass is 16.4. The maximum absolute atomic E-state index is 12.4. The SMILES string of the molecule is O=C(O)C1CC2CCC1N2C(=O)c1cc(=O)[nH]c(=O)[nH]1. The number of hydrogen-bond acceptors (Lipinski definition) is 4. The van der Waals surface area contributed by atoms with Crippen LogP contribution < -0.4 is 11.2 Å². The quantitative estimate of drug-likeness (QED) is 0.650. The lowest BCUT2D eigenvalue weighted by Gasteiger charge is -2.22. The number of aromatic amines is 2. The molecule has 3 rings (SSSR count). The number of carboxylic acid groups (broad SMARTS) is 1. The van der Waals surface area contributed by atoms with Gasteiger partial charge in [-0.1, -0.05) is 0 Å². The van der Waals surface area contributed by atoms with Crippen LogP contribution in [0.5, 0.6) is 0 Å². The van der Waals surface area contributed by atoms with Crippen molar-refractivity contribution in [3.05, 3.63) is 32.6 Å². The maximum Gasteiger partial charge on any atom is 0.326 e. The average Bonchev–Trinajstić information content (AvgIpc) is 2.94. The molecule has 1 aromatic heterocycles. The summed E-state index contributed by atoms with van der Waals surface area (Å²) in [7, 11) is 0. The summed E-state index contributed by atoms with van der Waals surface area (Å²) < 4.78 is 0. The molecule has 106 valence electrons. The number of rotatable bonds is 2. The van der Waals surface area contributed by atoms with Gasteiger partial charge in [-0.2, -0.15) is 0 Å². The predicted molar refractivity (Wildman–Crippen MR) is 66.4 cm³/mol. The number of aliphatic carboxylic acids is 1. The van der Waals surface area contributed by atoms with E-state index >= 15 is 0 Å². The van der Waals surface area contributed by atoms with E-state index in [1.807, 2.05) is 4.98 Å². The van der Waals surface area contributed by atoms with E-state index in [4.69, 9.17) is 5.11 Å². The molecule has 0 saturated carbocycles. The van der Waals surface area contributed by atoms with Crippen molar-refractivity contribution in [3.8, 4) is 0 Å². The van der Waals surface area contributed by atoms with Gasteiger partial charge < -0.3 is 15.0 Å². The zero-order chi connectivity index (χ0) is 14.4. The summed E-state index contributed by atoms with van der Waals surface area (Å²) in [6.45, 7) is 0. The van der Waals surface area contributed by atoms with Gasteiger partial charge in [0, 0.05) is 18.2 Å². The minimum absolute atomic E-state index is 0.0957. The van der Waals surface area contributed by atoms with Gasteiger partial charge in [0.05, 0.1) is 5.92 Å². The Kier molecular flexibility index (Phi) is 2.73. The fraction of sp³-hybridized carbons (Fsp3) is 0.500. The average molecular weight is 279 g/mol. The molecule has 2 saturated heterocycles. The molecule has 1 amide bonds. The van der Waals surface area contributed by atoms with Crippen LogP contribution in [0.3, 0.4) is 0 Å². The number of H-pyrrole nitrogens is 2. The number of carboxylic acids is 1. The number of carbonyl (C=O) groups is 2. The minimum atomic E-state index is -0.908. The van der Waals surface area contributed by atoms with Crippen molar-refractivity contribution in [1.29, 1.82) is 0 Å². The third kappa shape index (κ3) is 1.84. The number of hydrogen-bond donors (Lipinski definition) is 3. The van der Waals surface area contributed by atoms with Crippen LogP contribution in [0.15, 0.2) is 15.7 Å². The summed E-state index contributed by atoms with van der Waals surface area (Å²) in [6, 6.07) is 0.543. The third-order valence-corrected chi connectivity index (χ3v) is 4.08. The van der Waals surface area contributed by atoms with E-state index in [0.717, 1.165) is 12.5 Å². The Labute approximate surface area is 112 Å². The molecule has 3 N–H and O–H groups in total. The molecule has 0 spiro atoms. The van der Waals surface area contributed by atoms with Gasteiger partial charge in [0.25, 0.3) is 11.5 Å². The first-order chi connectivity index (χ1) is 9.47. The van der Waals surface area contributed by atoms with Gasteiger partial charge in [-0.3, -0.25) is 19.4 Å². The van der Waals surface area contributed by atoms with E-state index in [1.165, 1.54) is 4.90 Å². The zero-order valence-corrected chi connectivity index (χ0v) is 10.5. The second kappa shape index (κ2) is 4.32. The first kappa shape index (κ1) is 12.6. The molecule has 0 radical (unpaired) electrons. The van der Waals surface area contributed by atoms with Gasteiger partial charge in [-0.05, 0) is 19.3 Å². The second-order valence-electron chi connectivity index (χ2n) is 5.19. The molecule has 0 aromatic carbocycles. The molecule has 2 aliphatic rings. The van der Waals surface area contributed by atoms with E-state index in [1.54, 1.807) is 0 Å². The molecule has 8 nitrogen and oxygen atoms in total. The maximum atomic E-state index is 12.4. The monoisotopic (exact) mass is 279 g/mol. The Morgan fingerprint density at radius 2 is 2.00 bits per heavy atom. The normalized spacial score (nSPS) is 27.8. The largest absolute Gasteiger partial charge is 0.481 e. The predicted octanol–water partition coefficient (Wildman–Crippen LogP) is -0.859. The van der Waals surface area contributed by atoms with E-state index < -0.39 is 29.0 Å². The van der Waals surface area contributed by atoms with Crippen molar-refractivity contribution in [2.75, 3.05) is 0 Å². The standard InChI is InChI=1S/C12H13N3O5/c16-9-4-7(13-12(20)14-9)10(17)15-5-1-2-8(15)6(3-5)11(18)19/h4-6,8H,1-3H2,(H,18,19)(H2,13,14,16,20). The van der Waals surface area contributed by atoms with Gasteiger partial charge in [0.2, 0.25) is 0 Å². The fourth-order valence-electron chi connectivity index (χ4n) is 3.29. The molecular formula is C12H13N3O5. The molecule has 3 atom stereocenters. The first-order valence-corrected chi connectivity index (χ1v) is 6.36. The number of nitrogens with one attached hydrogen (secondary N) is 2. The Morgan fingerprint density at radius 1 is 1.25 bits per heavy atom. The molecule has 3 heterocycles. The minimum Gasteiger partial charge on any atom is -0.481 e. The molecule has 8 heteroatoms. The molecule has 2 bridgehead atoms. The number of nitrogens with zero attached hydrogens (tertiary/aromatic N) is 1. The van der Waals surface area contributed by atoms with Crippen LogP contribution in [0.25, 0.3) is 0 Å². The van der Waals surface area contributed by atoms with Crippen molar-refractivity contribution in [2.45, 2.75) is 31.3 Å². The highest BCUT2D eigenvalue weighted by Crippen LogP contribution is 2.42. The smallest absolute Gasteiger partial charge is 0.326 e. The molecule has 20 heavy (non-hydrogen) atoms. The van der Waals surface area contributed by atoms with Crippen molar-refractivity contribution >= 4 is 11.9 Å². The summed E-state index contributed by atoms with van der Waals surface area (Å²) in [5, 5.41) is 9.14. The summed E-state index contributed by atoms with van der Waals surface area (Å²) in [4.78, 5) is 51.8. The highest BCUT2D eigenvalue weighted by Gasteiger charge is 2.51. The molecule has 0 aliphatic carbocycles. The fourth-order valence-corrected chi connectivity index (χ4v) is 3.29. The second-order valence-corrected chi connectivity index (χ2v) is 5.19. The lowest BCUT2D eigenvalue weighted by Crippen LogP contribution is -2.39. The van der Waals surface area contributed by atoms with Crippen LogP contribution in [0.2, 0.25) is 0 Å². The summed E-state index contributed by atoms with van der Waals surface area (Å²) in [5.74, 6) is -1.95. The molecular weight excluding hydrogens is 266 g/mol. The van der Waals surface area contributed by atoms with Crippen LogP contribution in [-0.4, -0.2) is 43.9 Å². The van der Waals surface area contributed by atoms with E-state index in [0.29, 0.717) is 12.8 Å². The molecule has 1 aromatic rings. The zero-order valence-electron chi connectivity index (χ0n) is 10.5. The Balaban J connectivity index is 1.94. The number of aromatic nitrogens is 2. The van der Waals surface area contributed by atoms with Crippen molar-refractivity contribution in [1.82, 2.24) is 14.9 Å². The lowest BCUT2D eigenvalue weighted by molar-refractivity contribution is -0.142. The van der Waals surface area contributed by atoms with Crippen LogP contribution in [0, 0.1) is 5.92 Å². The first-order valence-electron chi connectivity index (χ1n) is 6.36. The van der Waals surface area contributed by atoms with Crippen LogP contribution in [0.4, 0.5) is 0 Å². The summed E-state index contributed by atoms with van der Waals surface area (Å²) >= 11 is 0. The van der Waals surface area contributed by atoms with Gasteiger partial charge in [-0.25, -0.2) is 4.79 Å². The van der Waals surface area contributed by atoms with Crippen molar-refractivity contribution < 1.29 is 14.7 Å².